The van der Waals surface area contributed by atoms with Gasteiger partial charge in [-0.1, -0.05) is 43.0 Å². The van der Waals surface area contributed by atoms with Gasteiger partial charge in [0, 0.05) is 12.1 Å². The molecular formula is C15H19ClO3. The van der Waals surface area contributed by atoms with E-state index in [2.05, 4.69) is 0 Å². The summed E-state index contributed by atoms with van der Waals surface area (Å²) in [6.07, 6.45) is 4.43. The lowest BCUT2D eigenvalue weighted by Gasteiger charge is -2.34. The minimum absolute atomic E-state index is 0.444. The molecular weight excluding hydrogens is 264 g/mol. The molecule has 0 bridgehead atoms. The van der Waals surface area contributed by atoms with Gasteiger partial charge in [0.15, 0.2) is 0 Å². The average molecular weight is 283 g/mol. The van der Waals surface area contributed by atoms with E-state index in [1.165, 1.54) is 0 Å². The third kappa shape index (κ3) is 2.77. The summed E-state index contributed by atoms with van der Waals surface area (Å²) in [4.78, 5) is 11.7. The fraction of sp³-hybridized carbons (Fsp3) is 0.533. The van der Waals surface area contributed by atoms with Crippen LogP contribution in [0.5, 0.6) is 0 Å². The molecule has 0 aromatic heterocycles. The Kier molecular flexibility index (Phi) is 4.48. The van der Waals surface area contributed by atoms with E-state index in [0.717, 1.165) is 30.4 Å². The molecule has 0 unspecified atom stereocenters. The highest BCUT2D eigenvalue weighted by molar-refractivity contribution is 6.31. The summed E-state index contributed by atoms with van der Waals surface area (Å²) in [6.45, 7) is 0.444. The molecule has 1 aromatic carbocycles. The van der Waals surface area contributed by atoms with Gasteiger partial charge in [-0.25, -0.2) is 0 Å². The number of benzene rings is 1. The van der Waals surface area contributed by atoms with Crippen LogP contribution in [-0.2, 0) is 21.6 Å². The Morgan fingerprint density at radius 3 is 2.58 bits per heavy atom. The number of aliphatic carboxylic acids is 1. The molecule has 0 radical (unpaired) electrons. The van der Waals surface area contributed by atoms with Crippen molar-refractivity contribution in [2.24, 2.45) is 0 Å². The molecule has 0 heterocycles. The standard InChI is InChI=1S/C15H19ClO3/c1-19-10-11-5-6-12(9-13(11)16)15(14(17)18)7-3-2-4-8-15/h5-6,9H,2-4,7-8,10H2,1H3,(H,17,18). The first-order chi connectivity index (χ1) is 9.10. The Hall–Kier alpha value is -1.06. The van der Waals surface area contributed by atoms with E-state index in [-0.39, 0.29) is 0 Å². The zero-order valence-corrected chi connectivity index (χ0v) is 11.9. The molecule has 0 atom stereocenters. The first-order valence-corrected chi connectivity index (χ1v) is 6.99. The van der Waals surface area contributed by atoms with Crippen LogP contribution in [0.4, 0.5) is 0 Å². The summed E-state index contributed by atoms with van der Waals surface area (Å²) < 4.78 is 5.07. The van der Waals surface area contributed by atoms with Gasteiger partial charge in [0.25, 0.3) is 0 Å². The Bertz CT molecular complexity index is 464. The minimum atomic E-state index is -0.756. The number of halogens is 1. The Morgan fingerprint density at radius 1 is 1.37 bits per heavy atom. The van der Waals surface area contributed by atoms with Gasteiger partial charge in [-0.05, 0) is 30.0 Å². The summed E-state index contributed by atoms with van der Waals surface area (Å²) in [5.74, 6) is -0.734. The second kappa shape index (κ2) is 5.93. The van der Waals surface area contributed by atoms with Crippen LogP contribution in [0.15, 0.2) is 18.2 Å². The number of carboxylic acid groups (broad SMARTS) is 1. The summed E-state index contributed by atoms with van der Waals surface area (Å²) in [7, 11) is 1.62. The summed E-state index contributed by atoms with van der Waals surface area (Å²) in [6, 6.07) is 5.56. The average Bonchev–Trinajstić information content (AvgIpc) is 2.42. The monoisotopic (exact) mass is 282 g/mol. The van der Waals surface area contributed by atoms with Crippen LogP contribution in [0.3, 0.4) is 0 Å². The molecule has 0 aliphatic heterocycles. The van der Waals surface area contributed by atoms with Crippen LogP contribution >= 0.6 is 11.6 Å². The van der Waals surface area contributed by atoms with Gasteiger partial charge in [0.05, 0.1) is 12.0 Å². The third-order valence-electron chi connectivity index (χ3n) is 4.02. The lowest BCUT2D eigenvalue weighted by molar-refractivity contribution is -0.145. The zero-order valence-electron chi connectivity index (χ0n) is 11.1. The Morgan fingerprint density at radius 2 is 2.05 bits per heavy atom. The van der Waals surface area contributed by atoms with Gasteiger partial charge in [0.2, 0.25) is 0 Å². The molecule has 4 heteroatoms. The number of hydrogen-bond acceptors (Lipinski definition) is 2. The molecule has 1 fully saturated rings. The van der Waals surface area contributed by atoms with Crippen LogP contribution in [0.2, 0.25) is 5.02 Å². The first-order valence-electron chi connectivity index (χ1n) is 6.61. The molecule has 1 N–H and O–H groups in total. The van der Waals surface area contributed by atoms with Gasteiger partial charge >= 0.3 is 5.97 Å². The van der Waals surface area contributed by atoms with Crippen LogP contribution in [0.25, 0.3) is 0 Å². The van der Waals surface area contributed by atoms with E-state index in [9.17, 15) is 9.90 Å². The molecule has 0 amide bonds. The molecule has 0 saturated heterocycles. The number of methoxy groups -OCH3 is 1. The first kappa shape index (κ1) is 14.4. The predicted octanol–water partition coefficient (Wildman–Crippen LogP) is 3.77. The Balaban J connectivity index is 2.37. The van der Waals surface area contributed by atoms with E-state index >= 15 is 0 Å². The Labute approximate surface area is 118 Å². The molecule has 3 nitrogen and oxygen atoms in total. The minimum Gasteiger partial charge on any atom is -0.481 e. The van der Waals surface area contributed by atoms with Crippen LogP contribution in [0.1, 0.15) is 43.2 Å². The van der Waals surface area contributed by atoms with Crippen molar-refractivity contribution in [3.8, 4) is 0 Å². The molecule has 0 spiro atoms. The summed E-state index contributed by atoms with van der Waals surface area (Å²) in [5, 5.41) is 10.2. The highest BCUT2D eigenvalue weighted by Gasteiger charge is 2.41. The van der Waals surface area contributed by atoms with E-state index in [0.29, 0.717) is 24.5 Å². The predicted molar refractivity (Wildman–Crippen MR) is 74.6 cm³/mol. The second-order valence-corrected chi connectivity index (χ2v) is 5.59. The van der Waals surface area contributed by atoms with Crippen molar-refractivity contribution >= 4 is 17.6 Å². The summed E-state index contributed by atoms with van der Waals surface area (Å²) in [5.41, 5.74) is 0.960. The third-order valence-corrected chi connectivity index (χ3v) is 4.37. The van der Waals surface area contributed by atoms with Crippen molar-refractivity contribution in [1.82, 2.24) is 0 Å². The SMILES string of the molecule is COCc1ccc(C2(C(=O)O)CCCCC2)cc1Cl. The van der Waals surface area contributed by atoms with E-state index in [1.54, 1.807) is 13.2 Å². The van der Waals surface area contributed by atoms with Gasteiger partial charge < -0.3 is 9.84 Å². The number of hydrogen-bond donors (Lipinski definition) is 1. The molecule has 2 rings (SSSR count). The van der Waals surface area contributed by atoms with Crippen molar-refractivity contribution in [2.75, 3.05) is 7.11 Å². The van der Waals surface area contributed by atoms with Crippen molar-refractivity contribution in [3.63, 3.8) is 0 Å². The van der Waals surface area contributed by atoms with Gasteiger partial charge in [-0.3, -0.25) is 4.79 Å². The molecule has 1 aromatic rings. The molecule has 1 aliphatic carbocycles. The quantitative estimate of drug-likeness (QED) is 0.914. The second-order valence-electron chi connectivity index (χ2n) is 5.19. The number of rotatable bonds is 4. The van der Waals surface area contributed by atoms with Crippen molar-refractivity contribution in [1.29, 1.82) is 0 Å². The van der Waals surface area contributed by atoms with Crippen LogP contribution < -0.4 is 0 Å². The lowest BCUT2D eigenvalue weighted by atomic mass is 9.69. The van der Waals surface area contributed by atoms with Crippen LogP contribution in [0, 0.1) is 0 Å². The normalized spacial score (nSPS) is 18.2. The highest BCUT2D eigenvalue weighted by atomic mass is 35.5. The van der Waals surface area contributed by atoms with Gasteiger partial charge in [-0.15, -0.1) is 0 Å². The molecule has 1 aliphatic rings. The fourth-order valence-electron chi connectivity index (χ4n) is 2.90. The maximum atomic E-state index is 11.7. The summed E-state index contributed by atoms with van der Waals surface area (Å²) >= 11 is 6.22. The van der Waals surface area contributed by atoms with Crippen LogP contribution in [-0.4, -0.2) is 18.2 Å². The van der Waals surface area contributed by atoms with Crippen molar-refractivity contribution in [3.05, 3.63) is 34.3 Å². The molecule has 104 valence electrons. The highest BCUT2D eigenvalue weighted by Crippen LogP contribution is 2.41. The van der Waals surface area contributed by atoms with Gasteiger partial charge in [-0.2, -0.15) is 0 Å². The maximum absolute atomic E-state index is 11.7. The number of carboxylic acids is 1. The van der Waals surface area contributed by atoms with Crippen molar-refractivity contribution < 1.29 is 14.6 Å². The van der Waals surface area contributed by atoms with E-state index < -0.39 is 11.4 Å². The smallest absolute Gasteiger partial charge is 0.314 e. The van der Waals surface area contributed by atoms with Gasteiger partial charge in [0.1, 0.15) is 0 Å². The lowest BCUT2D eigenvalue weighted by Crippen LogP contribution is -2.37. The maximum Gasteiger partial charge on any atom is 0.314 e. The molecule has 19 heavy (non-hydrogen) atoms. The largest absolute Gasteiger partial charge is 0.481 e. The topological polar surface area (TPSA) is 46.5 Å². The van der Waals surface area contributed by atoms with E-state index in [1.807, 2.05) is 12.1 Å². The van der Waals surface area contributed by atoms with Crippen molar-refractivity contribution in [2.45, 2.75) is 44.1 Å². The fourth-order valence-corrected chi connectivity index (χ4v) is 3.13. The number of ether oxygens (including phenoxy) is 1. The number of carbonyl (C=O) groups is 1. The van der Waals surface area contributed by atoms with E-state index in [4.69, 9.17) is 16.3 Å². The zero-order chi connectivity index (χ0) is 13.9. The molecule has 1 saturated carbocycles.